The van der Waals surface area contributed by atoms with Crippen LogP contribution in [0.1, 0.15) is 12.5 Å². The average Bonchev–Trinajstić information content (AvgIpc) is 2.33. The number of pyridine rings is 1. The van der Waals surface area contributed by atoms with Crippen molar-refractivity contribution in [2.45, 2.75) is 20.4 Å². The Morgan fingerprint density at radius 3 is 2.58 bits per heavy atom. The molecule has 0 saturated carbocycles. The van der Waals surface area contributed by atoms with Crippen LogP contribution in [-0.2, 0) is 39.3 Å². The predicted octanol–water partition coefficient (Wildman–Crippen LogP) is 4.17. The molecule has 0 fully saturated rings. The Kier molecular flexibility index (Phi) is 6.64. The average molecular weight is 459 g/mol. The van der Waals surface area contributed by atoms with Crippen LogP contribution in [0.4, 0.5) is 0 Å². The third-order valence-electron chi connectivity index (χ3n) is 2.78. The van der Waals surface area contributed by atoms with Gasteiger partial charge in [0, 0.05) is 43.7 Å². The van der Waals surface area contributed by atoms with Gasteiger partial charge in [-0.2, -0.15) is 12.1 Å². The SMILES string of the molecule is CCn1c(-c2ccc(Br)cc2Br)[c-]cc(C)c1=O.[Y]. The number of nitrogens with zero attached hydrogens (tertiary/aromatic N) is 1. The fourth-order valence-corrected chi connectivity index (χ4v) is 3.07. The van der Waals surface area contributed by atoms with Crippen LogP contribution in [0.2, 0.25) is 0 Å². The van der Waals surface area contributed by atoms with E-state index in [2.05, 4.69) is 37.9 Å². The molecule has 2 rings (SSSR count). The van der Waals surface area contributed by atoms with Crippen molar-refractivity contribution >= 4 is 31.9 Å². The molecule has 1 aromatic heterocycles. The summed E-state index contributed by atoms with van der Waals surface area (Å²) in [7, 11) is 0. The second-order valence-electron chi connectivity index (χ2n) is 3.99. The molecular weight excluding hydrogens is 447 g/mol. The first-order chi connectivity index (χ1) is 8.54. The molecule has 1 aromatic carbocycles. The van der Waals surface area contributed by atoms with E-state index < -0.39 is 0 Å². The predicted molar refractivity (Wildman–Crippen MR) is 80.8 cm³/mol. The number of aromatic nitrogens is 1. The van der Waals surface area contributed by atoms with E-state index >= 15 is 0 Å². The molecule has 0 saturated heterocycles. The summed E-state index contributed by atoms with van der Waals surface area (Å²) in [5, 5.41) is 0. The van der Waals surface area contributed by atoms with Crippen LogP contribution in [0, 0.1) is 13.0 Å². The molecule has 0 amide bonds. The number of hydrogen-bond acceptors (Lipinski definition) is 1. The summed E-state index contributed by atoms with van der Waals surface area (Å²) < 4.78 is 3.68. The zero-order valence-electron chi connectivity index (χ0n) is 10.7. The molecule has 0 unspecified atom stereocenters. The zero-order chi connectivity index (χ0) is 13.3. The monoisotopic (exact) mass is 457 g/mol. The standard InChI is InChI=1S/C14H12Br2NO.Y/c1-3-17-13(7-4-9(2)14(17)18)11-6-5-10(15)8-12(11)16;/h4-6,8H,3H2,1-2H3;/q-1;. The summed E-state index contributed by atoms with van der Waals surface area (Å²) in [5.41, 5.74) is 2.54. The molecule has 0 N–H and O–H groups in total. The minimum atomic E-state index is 0. The van der Waals surface area contributed by atoms with Crippen LogP contribution in [0.25, 0.3) is 11.3 Å². The van der Waals surface area contributed by atoms with Gasteiger partial charge < -0.3 is 4.57 Å². The van der Waals surface area contributed by atoms with Crippen LogP contribution in [0.5, 0.6) is 0 Å². The van der Waals surface area contributed by atoms with Gasteiger partial charge in [0.1, 0.15) is 0 Å². The van der Waals surface area contributed by atoms with E-state index in [-0.39, 0.29) is 38.3 Å². The van der Waals surface area contributed by atoms with Gasteiger partial charge in [-0.05, 0) is 17.5 Å². The van der Waals surface area contributed by atoms with Gasteiger partial charge in [0.05, 0.1) is 0 Å². The van der Waals surface area contributed by atoms with Crippen LogP contribution >= 0.6 is 31.9 Å². The van der Waals surface area contributed by atoms with Gasteiger partial charge >= 0.3 is 0 Å². The summed E-state index contributed by atoms with van der Waals surface area (Å²) in [5.74, 6) is 0. The van der Waals surface area contributed by atoms with Crippen molar-refractivity contribution in [2.24, 2.45) is 0 Å². The Balaban J connectivity index is 0.00000180. The third-order valence-corrected chi connectivity index (χ3v) is 3.93. The number of hydrogen-bond donors (Lipinski definition) is 0. The van der Waals surface area contributed by atoms with Crippen LogP contribution in [-0.4, -0.2) is 4.57 Å². The van der Waals surface area contributed by atoms with Crippen LogP contribution in [0.3, 0.4) is 0 Å². The van der Waals surface area contributed by atoms with E-state index in [0.29, 0.717) is 12.1 Å². The minimum absolute atomic E-state index is 0. The molecule has 2 aromatic rings. The molecular formula is C14H12Br2NOY-. The van der Waals surface area contributed by atoms with Crippen molar-refractivity contribution in [2.75, 3.05) is 0 Å². The van der Waals surface area contributed by atoms with E-state index in [1.165, 1.54) is 0 Å². The normalized spacial score (nSPS) is 10.1. The Labute approximate surface area is 154 Å². The maximum Gasteiger partial charge on any atom is 0.197 e. The minimum Gasteiger partial charge on any atom is -0.342 e. The summed E-state index contributed by atoms with van der Waals surface area (Å²) in [6.45, 7) is 4.41. The molecule has 19 heavy (non-hydrogen) atoms. The van der Waals surface area contributed by atoms with Crippen molar-refractivity contribution in [3.05, 3.63) is 55.2 Å². The molecule has 0 aliphatic heterocycles. The van der Waals surface area contributed by atoms with Crippen molar-refractivity contribution in [3.63, 3.8) is 0 Å². The van der Waals surface area contributed by atoms with Crippen molar-refractivity contribution in [1.29, 1.82) is 0 Å². The van der Waals surface area contributed by atoms with Gasteiger partial charge in [-0.25, -0.2) is 0 Å². The summed E-state index contributed by atoms with van der Waals surface area (Å²) >= 11 is 6.95. The van der Waals surface area contributed by atoms with Gasteiger partial charge in [-0.15, -0.1) is 6.07 Å². The molecule has 5 heteroatoms. The van der Waals surface area contributed by atoms with E-state index in [1.807, 2.05) is 32.0 Å². The second-order valence-corrected chi connectivity index (χ2v) is 5.76. The van der Waals surface area contributed by atoms with Gasteiger partial charge in [0.25, 0.3) is 0 Å². The largest absolute Gasteiger partial charge is 0.342 e. The van der Waals surface area contributed by atoms with E-state index in [1.54, 1.807) is 10.6 Å². The maximum atomic E-state index is 12.1. The Hall–Kier alpha value is 0.234. The topological polar surface area (TPSA) is 22.0 Å². The van der Waals surface area contributed by atoms with Gasteiger partial charge in [0.2, 0.25) is 0 Å². The number of rotatable bonds is 2. The quantitative estimate of drug-likeness (QED) is 0.619. The maximum absolute atomic E-state index is 12.1. The first-order valence-electron chi connectivity index (χ1n) is 5.62. The Morgan fingerprint density at radius 1 is 1.32 bits per heavy atom. The first kappa shape index (κ1) is 17.3. The van der Waals surface area contributed by atoms with Crippen molar-refractivity contribution < 1.29 is 32.7 Å². The molecule has 0 atom stereocenters. The molecule has 0 spiro atoms. The molecule has 1 heterocycles. The summed E-state index contributed by atoms with van der Waals surface area (Å²) in [6.07, 6.45) is 0. The number of benzene rings is 1. The van der Waals surface area contributed by atoms with Crippen LogP contribution < -0.4 is 5.56 Å². The fraction of sp³-hybridized carbons (Fsp3) is 0.214. The van der Waals surface area contributed by atoms with E-state index in [0.717, 1.165) is 20.2 Å². The number of aryl methyl sites for hydroxylation is 1. The van der Waals surface area contributed by atoms with E-state index in [4.69, 9.17) is 0 Å². The molecule has 0 aliphatic rings. The molecule has 97 valence electrons. The van der Waals surface area contributed by atoms with Crippen molar-refractivity contribution in [3.8, 4) is 11.3 Å². The van der Waals surface area contributed by atoms with E-state index in [9.17, 15) is 4.79 Å². The second kappa shape index (κ2) is 7.30. The van der Waals surface area contributed by atoms with Crippen LogP contribution in [0.15, 0.2) is 38.0 Å². The fourth-order valence-electron chi connectivity index (χ4n) is 1.84. The smallest absolute Gasteiger partial charge is 0.197 e. The summed E-state index contributed by atoms with van der Waals surface area (Å²) in [4.78, 5) is 12.1. The molecule has 2 nitrogen and oxygen atoms in total. The van der Waals surface area contributed by atoms with Crippen molar-refractivity contribution in [1.82, 2.24) is 4.57 Å². The molecule has 0 aliphatic carbocycles. The van der Waals surface area contributed by atoms with Gasteiger partial charge in [-0.3, -0.25) is 4.79 Å². The Bertz CT molecular complexity index is 652. The summed E-state index contributed by atoms with van der Waals surface area (Å²) in [6, 6.07) is 10.8. The molecule has 0 bridgehead atoms. The number of halogens is 2. The first-order valence-corrected chi connectivity index (χ1v) is 7.20. The van der Waals surface area contributed by atoms with Gasteiger partial charge in [0.15, 0.2) is 5.56 Å². The molecule has 1 radical (unpaired) electrons. The Morgan fingerprint density at radius 2 is 2.00 bits per heavy atom. The van der Waals surface area contributed by atoms with Gasteiger partial charge in [-0.1, -0.05) is 61.7 Å². The zero-order valence-corrected chi connectivity index (χ0v) is 16.7. The third kappa shape index (κ3) is 3.66.